The monoisotopic (exact) mass is 258 g/mol. The molecule has 0 N–H and O–H groups in total. The molecule has 1 aromatic carbocycles. The largest absolute Gasteiger partial charge is 0.468 e. The maximum absolute atomic E-state index is 12.0. The Hall–Kier alpha value is -1.90. The molecule has 1 aliphatic carbocycles. The van der Waals surface area contributed by atoms with Crippen molar-refractivity contribution in [3.05, 3.63) is 42.0 Å². The molecule has 2 rings (SSSR count). The predicted molar refractivity (Wildman–Crippen MR) is 73.4 cm³/mol. The van der Waals surface area contributed by atoms with Gasteiger partial charge in [0.1, 0.15) is 5.41 Å². The second-order valence-corrected chi connectivity index (χ2v) is 4.87. The molecule has 1 aromatic rings. The number of rotatable bonds is 4. The number of carbonyl (C=O) groups excluding carboxylic acids is 2. The molecule has 0 heterocycles. The highest BCUT2D eigenvalue weighted by atomic mass is 16.5. The van der Waals surface area contributed by atoms with Crippen LogP contribution in [0.4, 0.5) is 0 Å². The number of methoxy groups -OCH3 is 1. The second-order valence-electron chi connectivity index (χ2n) is 4.87. The van der Waals surface area contributed by atoms with Gasteiger partial charge in [0.15, 0.2) is 5.78 Å². The average molecular weight is 258 g/mol. The number of hydrogen-bond donors (Lipinski definition) is 0. The molecule has 3 heteroatoms. The van der Waals surface area contributed by atoms with Crippen LogP contribution in [0.5, 0.6) is 0 Å². The Balaban J connectivity index is 2.12. The number of benzene rings is 1. The van der Waals surface area contributed by atoms with Gasteiger partial charge in [0, 0.05) is 6.42 Å². The van der Waals surface area contributed by atoms with Crippen molar-refractivity contribution in [1.82, 2.24) is 0 Å². The molecule has 3 nitrogen and oxygen atoms in total. The number of allylic oxidation sites excluding steroid dienone is 1. The first kappa shape index (κ1) is 13.5. The summed E-state index contributed by atoms with van der Waals surface area (Å²) >= 11 is 0. The van der Waals surface area contributed by atoms with E-state index in [2.05, 4.69) is 0 Å². The minimum Gasteiger partial charge on any atom is -0.468 e. The van der Waals surface area contributed by atoms with Crippen LogP contribution in [0.15, 0.2) is 36.4 Å². The summed E-state index contributed by atoms with van der Waals surface area (Å²) < 4.78 is 4.82. The molecule has 0 aliphatic heterocycles. The summed E-state index contributed by atoms with van der Waals surface area (Å²) in [5, 5.41) is 0. The number of ether oxygens (including phenoxy) is 1. The third-order valence-corrected chi connectivity index (χ3v) is 3.69. The minimum atomic E-state index is -0.944. The normalized spacial score (nSPS) is 22.9. The van der Waals surface area contributed by atoms with Gasteiger partial charge in [0.25, 0.3) is 0 Å². The molecule has 0 radical (unpaired) electrons. The Labute approximate surface area is 113 Å². The van der Waals surface area contributed by atoms with Crippen LogP contribution >= 0.6 is 0 Å². The fourth-order valence-corrected chi connectivity index (χ4v) is 2.60. The van der Waals surface area contributed by atoms with Gasteiger partial charge in [-0.25, -0.2) is 0 Å². The number of carbonyl (C=O) groups is 2. The van der Waals surface area contributed by atoms with E-state index in [1.54, 1.807) is 0 Å². The Morgan fingerprint density at radius 2 is 2.11 bits per heavy atom. The van der Waals surface area contributed by atoms with E-state index < -0.39 is 11.4 Å². The lowest BCUT2D eigenvalue weighted by molar-refractivity contribution is -0.156. The maximum Gasteiger partial charge on any atom is 0.319 e. The summed E-state index contributed by atoms with van der Waals surface area (Å²) in [7, 11) is 1.34. The van der Waals surface area contributed by atoms with Crippen LogP contribution in [0.25, 0.3) is 6.08 Å². The molecule has 0 aromatic heterocycles. The molecule has 0 unspecified atom stereocenters. The van der Waals surface area contributed by atoms with Gasteiger partial charge < -0.3 is 4.74 Å². The summed E-state index contributed by atoms with van der Waals surface area (Å²) in [4.78, 5) is 23.9. The van der Waals surface area contributed by atoms with E-state index in [-0.39, 0.29) is 5.78 Å². The summed E-state index contributed by atoms with van der Waals surface area (Å²) in [6.07, 6.45) is 6.11. The zero-order chi connectivity index (χ0) is 13.7. The van der Waals surface area contributed by atoms with Gasteiger partial charge in [-0.15, -0.1) is 0 Å². The van der Waals surface area contributed by atoms with E-state index in [0.717, 1.165) is 12.0 Å². The molecule has 0 saturated heterocycles. The van der Waals surface area contributed by atoms with Crippen LogP contribution in [0.3, 0.4) is 0 Å². The van der Waals surface area contributed by atoms with Gasteiger partial charge in [0.05, 0.1) is 7.11 Å². The van der Waals surface area contributed by atoms with E-state index >= 15 is 0 Å². The molecule has 19 heavy (non-hydrogen) atoms. The molecular weight excluding hydrogens is 240 g/mol. The van der Waals surface area contributed by atoms with Gasteiger partial charge >= 0.3 is 5.97 Å². The topological polar surface area (TPSA) is 43.4 Å². The van der Waals surface area contributed by atoms with Gasteiger partial charge in [0.2, 0.25) is 0 Å². The number of ketones is 1. The van der Waals surface area contributed by atoms with Crippen LogP contribution in [-0.4, -0.2) is 18.9 Å². The summed E-state index contributed by atoms with van der Waals surface area (Å²) in [6.45, 7) is 0. The molecule has 1 aliphatic rings. The molecule has 1 atom stereocenters. The van der Waals surface area contributed by atoms with Crippen molar-refractivity contribution in [2.45, 2.75) is 25.7 Å². The van der Waals surface area contributed by atoms with Crippen LogP contribution in [-0.2, 0) is 14.3 Å². The summed E-state index contributed by atoms with van der Waals surface area (Å²) in [6, 6.07) is 9.83. The lowest BCUT2D eigenvalue weighted by Gasteiger charge is -2.22. The van der Waals surface area contributed by atoms with Gasteiger partial charge in [-0.3, -0.25) is 9.59 Å². The fraction of sp³-hybridized carbons (Fsp3) is 0.375. The van der Waals surface area contributed by atoms with E-state index in [4.69, 9.17) is 4.74 Å². The third-order valence-electron chi connectivity index (χ3n) is 3.69. The molecule has 0 spiro atoms. The van der Waals surface area contributed by atoms with E-state index in [0.29, 0.717) is 19.3 Å². The lowest BCUT2D eigenvalue weighted by atomic mass is 9.81. The number of hydrogen-bond acceptors (Lipinski definition) is 3. The standard InChI is InChI=1S/C16H18O3/c1-19-15(18)16(12-6-10-14(16)17)11-5-9-13-7-3-2-4-8-13/h2-5,7-9H,6,10-12H2,1H3/b9-5+/t16-/m0/s1. The van der Waals surface area contributed by atoms with Crippen LogP contribution in [0, 0.1) is 5.41 Å². The summed E-state index contributed by atoms with van der Waals surface area (Å²) in [5.41, 5.74) is 0.119. The van der Waals surface area contributed by atoms with Gasteiger partial charge in [-0.1, -0.05) is 42.5 Å². The lowest BCUT2D eigenvalue weighted by Crippen LogP contribution is -2.35. The molecule has 0 bridgehead atoms. The van der Waals surface area contributed by atoms with Crippen molar-refractivity contribution in [2.75, 3.05) is 7.11 Å². The highest BCUT2D eigenvalue weighted by Gasteiger charge is 2.48. The molecule has 1 saturated carbocycles. The Bertz CT molecular complexity index is 490. The third kappa shape index (κ3) is 2.75. The fourth-order valence-electron chi connectivity index (χ4n) is 2.60. The maximum atomic E-state index is 12.0. The smallest absolute Gasteiger partial charge is 0.319 e. The highest BCUT2D eigenvalue weighted by Crippen LogP contribution is 2.39. The van der Waals surface area contributed by atoms with E-state index in [9.17, 15) is 9.59 Å². The van der Waals surface area contributed by atoms with Crippen molar-refractivity contribution < 1.29 is 14.3 Å². The Morgan fingerprint density at radius 1 is 1.37 bits per heavy atom. The molecular formula is C16H18O3. The number of Topliss-reactive ketones (excluding diaryl/α,β-unsaturated/α-hetero) is 1. The van der Waals surface area contributed by atoms with Crippen LogP contribution in [0.2, 0.25) is 0 Å². The zero-order valence-corrected chi connectivity index (χ0v) is 11.1. The van der Waals surface area contributed by atoms with Gasteiger partial charge in [-0.2, -0.15) is 0 Å². The average Bonchev–Trinajstić information content (AvgIpc) is 2.81. The van der Waals surface area contributed by atoms with E-state index in [1.165, 1.54) is 7.11 Å². The number of esters is 1. The van der Waals surface area contributed by atoms with Crippen LogP contribution < -0.4 is 0 Å². The quantitative estimate of drug-likeness (QED) is 0.616. The summed E-state index contributed by atoms with van der Waals surface area (Å²) in [5.74, 6) is -0.384. The van der Waals surface area contributed by atoms with Crippen molar-refractivity contribution in [2.24, 2.45) is 5.41 Å². The van der Waals surface area contributed by atoms with Crippen molar-refractivity contribution in [3.63, 3.8) is 0 Å². The Kier molecular flexibility index (Phi) is 4.15. The Morgan fingerprint density at radius 3 is 2.68 bits per heavy atom. The van der Waals surface area contributed by atoms with E-state index in [1.807, 2.05) is 42.5 Å². The first-order valence-electron chi connectivity index (χ1n) is 6.52. The van der Waals surface area contributed by atoms with Crippen LogP contribution in [0.1, 0.15) is 31.2 Å². The SMILES string of the molecule is COC(=O)[C@@]1(C/C=C/c2ccccc2)CCCC1=O. The molecule has 1 fully saturated rings. The second kappa shape index (κ2) is 5.83. The molecule has 100 valence electrons. The first-order valence-corrected chi connectivity index (χ1v) is 6.52. The zero-order valence-electron chi connectivity index (χ0n) is 11.1. The highest BCUT2D eigenvalue weighted by molar-refractivity contribution is 6.05. The van der Waals surface area contributed by atoms with Crippen molar-refractivity contribution >= 4 is 17.8 Å². The first-order chi connectivity index (χ1) is 9.19. The molecule has 0 amide bonds. The minimum absolute atomic E-state index is 0.0112. The predicted octanol–water partition coefficient (Wildman–Crippen LogP) is 3.00. The van der Waals surface area contributed by atoms with Gasteiger partial charge in [-0.05, 0) is 24.8 Å². The van der Waals surface area contributed by atoms with Crippen molar-refractivity contribution in [1.29, 1.82) is 0 Å². The van der Waals surface area contributed by atoms with Crippen molar-refractivity contribution in [3.8, 4) is 0 Å².